The van der Waals surface area contributed by atoms with Gasteiger partial charge in [-0.25, -0.2) is 4.79 Å². The van der Waals surface area contributed by atoms with Crippen LogP contribution in [0.3, 0.4) is 0 Å². The zero-order chi connectivity index (χ0) is 19.1. The molecule has 0 saturated carbocycles. The van der Waals surface area contributed by atoms with Gasteiger partial charge >= 0.3 is 5.97 Å². The summed E-state index contributed by atoms with van der Waals surface area (Å²) < 4.78 is 10.4. The number of carbonyl (C=O) groups excluding carboxylic acids is 3. The molecule has 0 aliphatic heterocycles. The van der Waals surface area contributed by atoms with Crippen molar-refractivity contribution in [3.05, 3.63) is 54.1 Å². The van der Waals surface area contributed by atoms with E-state index in [9.17, 15) is 14.4 Å². The molecule has 26 heavy (non-hydrogen) atoms. The van der Waals surface area contributed by atoms with Gasteiger partial charge in [-0.2, -0.15) is 0 Å². The van der Waals surface area contributed by atoms with Gasteiger partial charge in [-0.3, -0.25) is 9.59 Å². The molecule has 1 unspecified atom stereocenters. The maximum absolute atomic E-state index is 12.3. The molecule has 2 N–H and O–H groups in total. The van der Waals surface area contributed by atoms with Crippen molar-refractivity contribution in [3.63, 3.8) is 0 Å². The van der Waals surface area contributed by atoms with Gasteiger partial charge in [0.05, 0.1) is 18.4 Å². The van der Waals surface area contributed by atoms with Gasteiger partial charge < -0.3 is 20.1 Å². The Balaban J connectivity index is 2.02. The topological polar surface area (TPSA) is 93.7 Å². The molecule has 0 saturated heterocycles. The van der Waals surface area contributed by atoms with Crippen LogP contribution in [-0.4, -0.2) is 31.0 Å². The monoisotopic (exact) mass is 356 g/mol. The van der Waals surface area contributed by atoms with E-state index >= 15 is 0 Å². The van der Waals surface area contributed by atoms with Crippen molar-refractivity contribution >= 4 is 29.2 Å². The molecule has 0 heterocycles. The molecule has 0 radical (unpaired) electrons. The first kappa shape index (κ1) is 19.0. The highest BCUT2D eigenvalue weighted by atomic mass is 16.5. The molecule has 136 valence electrons. The fourth-order valence-electron chi connectivity index (χ4n) is 2.19. The Kier molecular flexibility index (Phi) is 6.32. The summed E-state index contributed by atoms with van der Waals surface area (Å²) >= 11 is 0. The SMILES string of the molecule is COc1ccccc1NC(=O)C(C)OC(=O)c1cccc(NC(C)=O)c1. The summed E-state index contributed by atoms with van der Waals surface area (Å²) in [5.41, 5.74) is 1.18. The second-order valence-corrected chi connectivity index (χ2v) is 5.50. The Morgan fingerprint density at radius 2 is 1.73 bits per heavy atom. The van der Waals surface area contributed by atoms with Crippen LogP contribution in [0.5, 0.6) is 5.75 Å². The van der Waals surface area contributed by atoms with E-state index in [0.29, 0.717) is 17.1 Å². The number of esters is 1. The number of benzene rings is 2. The van der Waals surface area contributed by atoms with Gasteiger partial charge in [-0.1, -0.05) is 18.2 Å². The number of rotatable bonds is 6. The van der Waals surface area contributed by atoms with Crippen molar-refractivity contribution in [2.75, 3.05) is 17.7 Å². The van der Waals surface area contributed by atoms with Crippen molar-refractivity contribution in [2.45, 2.75) is 20.0 Å². The van der Waals surface area contributed by atoms with Gasteiger partial charge in [0.15, 0.2) is 6.10 Å². The summed E-state index contributed by atoms with van der Waals surface area (Å²) in [5, 5.41) is 5.24. The number of methoxy groups -OCH3 is 1. The minimum atomic E-state index is -1.02. The minimum Gasteiger partial charge on any atom is -0.495 e. The summed E-state index contributed by atoms with van der Waals surface area (Å²) in [7, 11) is 1.50. The predicted octanol–water partition coefficient (Wildman–Crippen LogP) is 2.84. The smallest absolute Gasteiger partial charge is 0.338 e. The average molecular weight is 356 g/mol. The van der Waals surface area contributed by atoms with E-state index in [2.05, 4.69) is 10.6 Å². The normalized spacial score (nSPS) is 11.2. The molecule has 7 nitrogen and oxygen atoms in total. The largest absolute Gasteiger partial charge is 0.495 e. The Labute approximate surface area is 151 Å². The van der Waals surface area contributed by atoms with Crippen molar-refractivity contribution in [1.29, 1.82) is 0 Å². The molecule has 1 atom stereocenters. The van der Waals surface area contributed by atoms with Gasteiger partial charge in [-0.15, -0.1) is 0 Å². The number of nitrogens with one attached hydrogen (secondary N) is 2. The number of ether oxygens (including phenoxy) is 2. The standard InChI is InChI=1S/C19H20N2O5/c1-12(18(23)21-16-9-4-5-10-17(16)25-3)26-19(24)14-7-6-8-15(11-14)20-13(2)22/h4-12H,1-3H3,(H,20,22)(H,21,23). The second-order valence-electron chi connectivity index (χ2n) is 5.50. The van der Waals surface area contributed by atoms with Crippen molar-refractivity contribution in [1.82, 2.24) is 0 Å². The van der Waals surface area contributed by atoms with Gasteiger partial charge in [0, 0.05) is 12.6 Å². The maximum atomic E-state index is 12.3. The zero-order valence-corrected chi connectivity index (χ0v) is 14.7. The molecule has 0 fully saturated rings. The number of para-hydroxylation sites is 2. The Morgan fingerprint density at radius 1 is 1.00 bits per heavy atom. The van der Waals surface area contributed by atoms with Gasteiger partial charge in [0.25, 0.3) is 5.91 Å². The van der Waals surface area contributed by atoms with Crippen LogP contribution in [0.2, 0.25) is 0 Å². The molecular formula is C19H20N2O5. The lowest BCUT2D eigenvalue weighted by atomic mass is 10.2. The lowest BCUT2D eigenvalue weighted by molar-refractivity contribution is -0.123. The number of anilines is 2. The zero-order valence-electron chi connectivity index (χ0n) is 14.7. The number of hydrogen-bond donors (Lipinski definition) is 2. The summed E-state index contributed by atoms with van der Waals surface area (Å²) in [6.45, 7) is 2.84. The molecule has 0 aliphatic rings. The predicted molar refractivity (Wildman–Crippen MR) is 97.2 cm³/mol. The molecule has 0 spiro atoms. The third-order valence-electron chi connectivity index (χ3n) is 3.44. The molecule has 2 aromatic rings. The number of amides is 2. The van der Waals surface area contributed by atoms with Crippen LogP contribution in [-0.2, 0) is 14.3 Å². The Bertz CT molecular complexity index is 819. The molecule has 0 aliphatic carbocycles. The highest BCUT2D eigenvalue weighted by molar-refractivity contribution is 5.98. The van der Waals surface area contributed by atoms with Crippen LogP contribution >= 0.6 is 0 Å². The number of hydrogen-bond acceptors (Lipinski definition) is 5. The summed E-state index contributed by atoms with van der Waals surface area (Å²) in [6.07, 6.45) is -1.02. The molecule has 0 bridgehead atoms. The third-order valence-corrected chi connectivity index (χ3v) is 3.44. The van der Waals surface area contributed by atoms with Crippen molar-refractivity contribution in [2.24, 2.45) is 0 Å². The molecule has 0 aromatic heterocycles. The van der Waals surface area contributed by atoms with Crippen LogP contribution in [0.1, 0.15) is 24.2 Å². The fraction of sp³-hybridized carbons (Fsp3) is 0.211. The first-order chi connectivity index (χ1) is 12.4. The second kappa shape index (κ2) is 8.66. The molecule has 7 heteroatoms. The molecular weight excluding hydrogens is 336 g/mol. The van der Waals surface area contributed by atoms with Gasteiger partial charge in [-0.05, 0) is 37.3 Å². The van der Waals surface area contributed by atoms with E-state index in [1.807, 2.05) is 0 Å². The maximum Gasteiger partial charge on any atom is 0.338 e. The van der Waals surface area contributed by atoms with E-state index in [-0.39, 0.29) is 11.5 Å². The minimum absolute atomic E-state index is 0.230. The number of carbonyl (C=O) groups is 3. The lowest BCUT2D eigenvalue weighted by Gasteiger charge is -2.15. The average Bonchev–Trinajstić information content (AvgIpc) is 2.61. The van der Waals surface area contributed by atoms with Gasteiger partial charge in [0.2, 0.25) is 5.91 Å². The van der Waals surface area contributed by atoms with Crippen molar-refractivity contribution < 1.29 is 23.9 Å². The highest BCUT2D eigenvalue weighted by Gasteiger charge is 2.20. The summed E-state index contributed by atoms with van der Waals surface area (Å²) in [4.78, 5) is 35.6. The van der Waals surface area contributed by atoms with Crippen LogP contribution in [0.15, 0.2) is 48.5 Å². The van der Waals surface area contributed by atoms with E-state index in [1.54, 1.807) is 42.5 Å². The van der Waals surface area contributed by atoms with Gasteiger partial charge in [0.1, 0.15) is 5.75 Å². The first-order valence-corrected chi connectivity index (χ1v) is 7.93. The third kappa shape index (κ3) is 5.07. The van der Waals surface area contributed by atoms with E-state index in [4.69, 9.17) is 9.47 Å². The van der Waals surface area contributed by atoms with E-state index < -0.39 is 18.0 Å². The van der Waals surface area contributed by atoms with Crippen molar-refractivity contribution in [3.8, 4) is 5.75 Å². The molecule has 2 rings (SSSR count). The molecule has 2 aromatic carbocycles. The van der Waals surface area contributed by atoms with Crippen LogP contribution in [0.4, 0.5) is 11.4 Å². The summed E-state index contributed by atoms with van der Waals surface area (Å²) in [5.74, 6) is -0.900. The van der Waals surface area contributed by atoms with Crippen LogP contribution < -0.4 is 15.4 Å². The molecule has 2 amide bonds. The quantitative estimate of drug-likeness (QED) is 0.776. The van der Waals surface area contributed by atoms with Crippen LogP contribution in [0.25, 0.3) is 0 Å². The van der Waals surface area contributed by atoms with E-state index in [1.165, 1.54) is 27.0 Å². The summed E-state index contributed by atoms with van der Waals surface area (Å²) in [6, 6.07) is 13.2. The highest BCUT2D eigenvalue weighted by Crippen LogP contribution is 2.23. The van der Waals surface area contributed by atoms with Crippen LogP contribution in [0, 0.1) is 0 Å². The Hall–Kier alpha value is -3.35. The lowest BCUT2D eigenvalue weighted by Crippen LogP contribution is -2.30. The first-order valence-electron chi connectivity index (χ1n) is 7.93. The van der Waals surface area contributed by atoms with E-state index in [0.717, 1.165) is 0 Å². The fourth-order valence-corrected chi connectivity index (χ4v) is 2.19. The Morgan fingerprint density at radius 3 is 2.42 bits per heavy atom.